The van der Waals surface area contributed by atoms with E-state index in [-0.39, 0.29) is 23.4 Å². The molecule has 7 nitrogen and oxygen atoms in total. The number of aromatic nitrogens is 3. The summed E-state index contributed by atoms with van der Waals surface area (Å²) in [5.74, 6) is -0.980. The number of pyridine rings is 1. The van der Waals surface area contributed by atoms with Gasteiger partial charge in [0.25, 0.3) is 17.2 Å². The van der Waals surface area contributed by atoms with Crippen molar-refractivity contribution in [2.45, 2.75) is 33.2 Å². The van der Waals surface area contributed by atoms with Gasteiger partial charge in [0.1, 0.15) is 5.57 Å². The third kappa shape index (κ3) is 4.59. The summed E-state index contributed by atoms with van der Waals surface area (Å²) < 4.78 is 2.97. The van der Waals surface area contributed by atoms with Gasteiger partial charge in [0, 0.05) is 17.3 Å². The highest BCUT2D eigenvalue weighted by Crippen LogP contribution is 2.32. The topological polar surface area (TPSA) is 79.1 Å². The van der Waals surface area contributed by atoms with Crippen LogP contribution in [-0.4, -0.2) is 26.5 Å². The number of hydrogen-bond donors (Lipinski definition) is 1. The largest absolute Gasteiger partial charge is 0.327 e. The molecule has 0 radical (unpaired) electrons. The van der Waals surface area contributed by atoms with Gasteiger partial charge in [0.05, 0.1) is 27.8 Å². The molecule has 2 amide bonds. The van der Waals surface area contributed by atoms with Gasteiger partial charge in [-0.15, -0.1) is 0 Å². The fourth-order valence-corrected chi connectivity index (χ4v) is 4.94. The van der Waals surface area contributed by atoms with E-state index in [0.717, 1.165) is 11.1 Å². The van der Waals surface area contributed by atoms with Crippen LogP contribution in [0.1, 0.15) is 35.7 Å². The van der Waals surface area contributed by atoms with Gasteiger partial charge >= 0.3 is 5.91 Å². The number of benzene rings is 2. The summed E-state index contributed by atoms with van der Waals surface area (Å²) in [6, 6.07) is 17.8. The second kappa shape index (κ2) is 10.4. The quantitative estimate of drug-likeness (QED) is 0.262. The van der Waals surface area contributed by atoms with E-state index >= 15 is 0 Å². The number of aryl methyl sites for hydroxylation is 2. The summed E-state index contributed by atoms with van der Waals surface area (Å²) in [6.45, 7) is 3.97. The van der Waals surface area contributed by atoms with Crippen molar-refractivity contribution in [3.05, 3.63) is 116 Å². The van der Waals surface area contributed by atoms with E-state index in [1.165, 1.54) is 9.58 Å². The minimum absolute atomic E-state index is 0.0741. The number of aromatic amines is 1. The Morgan fingerprint density at radius 1 is 0.921 bits per heavy atom. The molecule has 0 saturated carbocycles. The zero-order valence-corrected chi connectivity index (χ0v) is 22.4. The maximum atomic E-state index is 14.0. The lowest BCUT2D eigenvalue weighted by molar-refractivity contribution is -0.577. The van der Waals surface area contributed by atoms with E-state index in [4.69, 9.17) is 23.2 Å². The molecule has 9 heteroatoms. The number of imide groups is 1. The zero-order valence-electron chi connectivity index (χ0n) is 20.9. The predicted molar refractivity (Wildman–Crippen MR) is 147 cm³/mol. The fourth-order valence-electron chi connectivity index (χ4n) is 4.65. The molecule has 1 aliphatic heterocycles. The molecule has 0 fully saturated rings. The number of rotatable bonds is 7. The van der Waals surface area contributed by atoms with Crippen LogP contribution in [0.15, 0.2) is 77.9 Å². The molecule has 1 aliphatic rings. The maximum Gasteiger partial charge on any atom is 0.327 e. The average Bonchev–Trinajstić information content (AvgIpc) is 3.34. The average molecular weight is 548 g/mol. The summed E-state index contributed by atoms with van der Waals surface area (Å²) >= 11 is 12.3. The monoisotopic (exact) mass is 547 g/mol. The van der Waals surface area contributed by atoms with Crippen LogP contribution in [0.3, 0.4) is 0 Å². The molecule has 2 aromatic carbocycles. The Morgan fingerprint density at radius 3 is 2.37 bits per heavy atom. The number of carbonyl (C=O) groups is 2. The molecule has 192 valence electrons. The van der Waals surface area contributed by atoms with Crippen LogP contribution < -0.4 is 10.1 Å². The molecule has 3 heterocycles. The van der Waals surface area contributed by atoms with E-state index in [1.54, 1.807) is 41.2 Å². The van der Waals surface area contributed by atoms with E-state index in [1.807, 2.05) is 50.2 Å². The smallest absolute Gasteiger partial charge is 0.294 e. The number of H-pyrrole nitrogens is 1. The minimum Gasteiger partial charge on any atom is -0.294 e. The van der Waals surface area contributed by atoms with Gasteiger partial charge in [-0.1, -0.05) is 66.9 Å². The van der Waals surface area contributed by atoms with Gasteiger partial charge < -0.3 is 0 Å². The summed E-state index contributed by atoms with van der Waals surface area (Å²) in [5, 5.41) is 3.80. The van der Waals surface area contributed by atoms with Crippen molar-refractivity contribution < 1.29 is 14.2 Å². The number of halogens is 2. The second-order valence-electron chi connectivity index (χ2n) is 9.15. The van der Waals surface area contributed by atoms with Crippen LogP contribution in [0.4, 0.5) is 0 Å². The Bertz CT molecular complexity index is 1650. The Hall–Kier alpha value is -3.94. The van der Waals surface area contributed by atoms with E-state index in [2.05, 4.69) is 5.10 Å². The van der Waals surface area contributed by atoms with Gasteiger partial charge in [-0.2, -0.15) is 4.57 Å². The number of carbonyl (C=O) groups excluding carboxylic acids is 2. The van der Waals surface area contributed by atoms with Crippen LogP contribution in [0.5, 0.6) is 0 Å². The van der Waals surface area contributed by atoms with Crippen LogP contribution in [-0.2, 0) is 22.6 Å². The second-order valence-corrected chi connectivity index (χ2v) is 9.96. The molecule has 0 aliphatic carbocycles. The highest BCUT2D eigenvalue weighted by atomic mass is 35.5. The third-order valence-corrected chi connectivity index (χ3v) is 7.15. The van der Waals surface area contributed by atoms with Gasteiger partial charge in [-0.3, -0.25) is 24.4 Å². The van der Waals surface area contributed by atoms with Crippen molar-refractivity contribution in [3.8, 4) is 5.69 Å². The number of hydrogen-bond acceptors (Lipinski definition) is 3. The van der Waals surface area contributed by atoms with Crippen LogP contribution in [0.25, 0.3) is 17.0 Å². The first kappa shape index (κ1) is 25.7. The maximum absolute atomic E-state index is 14.0. The molecule has 0 unspecified atom stereocenters. The van der Waals surface area contributed by atoms with Crippen molar-refractivity contribution in [1.29, 1.82) is 0 Å². The summed E-state index contributed by atoms with van der Waals surface area (Å²) in [7, 11) is 0. The molecule has 0 spiro atoms. The lowest BCUT2D eigenvalue weighted by Gasteiger charge is -2.13. The van der Waals surface area contributed by atoms with Crippen molar-refractivity contribution in [1.82, 2.24) is 14.7 Å². The molecule has 2 aromatic heterocycles. The highest BCUT2D eigenvalue weighted by Gasteiger charge is 2.47. The Kier molecular flexibility index (Phi) is 7.06. The van der Waals surface area contributed by atoms with Crippen molar-refractivity contribution in [2.24, 2.45) is 0 Å². The SMILES string of the molecule is CCCc1[nH]n(-c2ccc(Cl)c(Cl)c2)c(=O)c1C1=C([n+]2cccc(C)c2)C(=O)N(Cc2ccccc2)C1=O. The van der Waals surface area contributed by atoms with Crippen LogP contribution in [0, 0.1) is 6.92 Å². The van der Waals surface area contributed by atoms with Gasteiger partial charge in [-0.05, 0) is 43.2 Å². The molecule has 0 saturated heterocycles. The van der Waals surface area contributed by atoms with E-state index < -0.39 is 17.4 Å². The summed E-state index contributed by atoms with van der Waals surface area (Å²) in [6.07, 6.45) is 4.69. The standard InChI is InChI=1S/C29H24Cl2N4O3/c1-3-8-23-24(28(37)35(32-23)20-12-13-21(30)22(31)15-20)25-26(33-14-7-9-18(2)16-33)29(38)34(27(25)36)17-19-10-5-4-6-11-19/h4-7,9-16H,3,8,17H2,1-2H3/p+1. The molecular formula is C29H25Cl2N4O3+. The summed E-state index contributed by atoms with van der Waals surface area (Å²) in [5.41, 5.74) is 2.68. The van der Waals surface area contributed by atoms with Crippen molar-refractivity contribution in [3.63, 3.8) is 0 Å². The Labute approximate surface area is 229 Å². The summed E-state index contributed by atoms with van der Waals surface area (Å²) in [4.78, 5) is 42.9. The predicted octanol–water partition coefficient (Wildman–Crippen LogP) is 4.96. The molecule has 4 aromatic rings. The Balaban J connectivity index is 1.74. The highest BCUT2D eigenvalue weighted by molar-refractivity contribution is 6.44. The molecule has 5 rings (SSSR count). The first-order valence-electron chi connectivity index (χ1n) is 12.2. The minimum atomic E-state index is -0.516. The lowest BCUT2D eigenvalue weighted by atomic mass is 10.0. The molecule has 0 bridgehead atoms. The molecule has 1 N–H and O–H groups in total. The van der Waals surface area contributed by atoms with E-state index in [0.29, 0.717) is 34.3 Å². The number of amides is 2. The number of nitrogens with zero attached hydrogens (tertiary/aromatic N) is 3. The van der Waals surface area contributed by atoms with Gasteiger partial charge in [-0.25, -0.2) is 4.68 Å². The third-order valence-electron chi connectivity index (χ3n) is 6.41. The van der Waals surface area contributed by atoms with Crippen LogP contribution in [0.2, 0.25) is 10.0 Å². The normalized spacial score (nSPS) is 13.6. The molecular weight excluding hydrogens is 523 g/mol. The Morgan fingerprint density at radius 2 is 1.68 bits per heavy atom. The van der Waals surface area contributed by atoms with Crippen molar-refractivity contribution in [2.75, 3.05) is 0 Å². The van der Waals surface area contributed by atoms with E-state index in [9.17, 15) is 14.4 Å². The van der Waals surface area contributed by atoms with Crippen molar-refractivity contribution >= 4 is 46.3 Å². The van der Waals surface area contributed by atoms with Gasteiger partial charge in [0.2, 0.25) is 0 Å². The molecule has 0 atom stereocenters. The zero-order chi connectivity index (χ0) is 27.0. The fraction of sp³-hybridized carbons (Fsp3) is 0.172. The lowest BCUT2D eigenvalue weighted by Crippen LogP contribution is -2.39. The molecule has 38 heavy (non-hydrogen) atoms. The number of nitrogens with one attached hydrogen (secondary N) is 1. The first-order valence-corrected chi connectivity index (χ1v) is 13.0. The first-order chi connectivity index (χ1) is 18.3. The van der Waals surface area contributed by atoms with Crippen LogP contribution >= 0.6 is 23.2 Å². The van der Waals surface area contributed by atoms with Gasteiger partial charge in [0.15, 0.2) is 12.4 Å².